The second kappa shape index (κ2) is 15.1. The topological polar surface area (TPSA) is 146 Å². The van der Waals surface area contributed by atoms with Crippen LogP contribution in [-0.4, -0.2) is 52.5 Å². The summed E-state index contributed by atoms with van der Waals surface area (Å²) in [6, 6.07) is 18.0. The number of hydrogen-bond acceptors (Lipinski definition) is 6. The first kappa shape index (κ1) is 30.7. The van der Waals surface area contributed by atoms with E-state index in [2.05, 4.69) is 26.3 Å². The Labute approximate surface area is 239 Å². The average Bonchev–Trinajstić information content (AvgIpc) is 2.99. The highest BCUT2D eigenvalue weighted by Gasteiger charge is 2.32. The van der Waals surface area contributed by atoms with E-state index in [4.69, 9.17) is 0 Å². The van der Waals surface area contributed by atoms with E-state index in [9.17, 15) is 24.0 Å². The number of aromatic nitrogens is 1. The van der Waals surface area contributed by atoms with E-state index >= 15 is 0 Å². The molecular weight excluding hydrogens is 522 g/mol. The molecule has 4 N–H and O–H groups in total. The van der Waals surface area contributed by atoms with E-state index in [0.717, 1.165) is 11.1 Å². The Morgan fingerprint density at radius 3 is 1.93 bits per heavy atom. The molecule has 0 bridgehead atoms. The van der Waals surface area contributed by atoms with E-state index in [1.807, 2.05) is 30.3 Å². The number of pyridine rings is 1. The molecule has 0 aliphatic rings. The highest BCUT2D eigenvalue weighted by Crippen LogP contribution is 2.08. The molecule has 0 aliphatic carbocycles. The molecule has 10 nitrogen and oxygen atoms in total. The van der Waals surface area contributed by atoms with Gasteiger partial charge in [0.1, 0.15) is 12.1 Å². The minimum absolute atomic E-state index is 0.135. The van der Waals surface area contributed by atoms with E-state index in [-0.39, 0.29) is 13.0 Å². The molecule has 214 valence electrons. The maximum absolute atomic E-state index is 13.3. The predicted molar refractivity (Wildman–Crippen MR) is 153 cm³/mol. The van der Waals surface area contributed by atoms with Crippen LogP contribution in [0.3, 0.4) is 0 Å². The molecule has 1 heterocycles. The minimum atomic E-state index is -1.10. The molecule has 1 aromatic heterocycles. The number of rotatable bonds is 13. The molecule has 2 aromatic carbocycles. The van der Waals surface area contributed by atoms with Gasteiger partial charge in [0.05, 0.1) is 6.04 Å². The van der Waals surface area contributed by atoms with Gasteiger partial charge in [-0.15, -0.1) is 0 Å². The number of Topliss-reactive ketones (excluding diaryl/α,β-unsaturated/α-hetero) is 1. The van der Waals surface area contributed by atoms with Crippen molar-refractivity contribution in [2.45, 2.75) is 51.9 Å². The fourth-order valence-electron chi connectivity index (χ4n) is 3.99. The second-order valence-corrected chi connectivity index (χ2v) is 9.94. The Kier molecular flexibility index (Phi) is 11.3. The van der Waals surface area contributed by atoms with Crippen molar-refractivity contribution in [3.8, 4) is 0 Å². The Morgan fingerprint density at radius 1 is 0.707 bits per heavy atom. The zero-order chi connectivity index (χ0) is 29.8. The SMILES string of the molecule is CC(NC(=O)[C@H](Cc1ccccc1)NC(=O)c1ccccc1)C(=O)NC(C(=O)C(=O)NCc1ccncc1)C(C)C. The molecule has 3 aromatic rings. The molecule has 0 aliphatic heterocycles. The van der Waals surface area contributed by atoms with E-state index in [0.29, 0.717) is 5.56 Å². The van der Waals surface area contributed by atoms with Gasteiger partial charge in [-0.25, -0.2) is 0 Å². The molecule has 0 spiro atoms. The van der Waals surface area contributed by atoms with Gasteiger partial charge >= 0.3 is 0 Å². The van der Waals surface area contributed by atoms with Crippen molar-refractivity contribution in [2.75, 3.05) is 0 Å². The summed E-state index contributed by atoms with van der Waals surface area (Å²) in [5, 5.41) is 10.5. The third-order valence-corrected chi connectivity index (χ3v) is 6.37. The van der Waals surface area contributed by atoms with Crippen LogP contribution in [0.1, 0.15) is 42.3 Å². The van der Waals surface area contributed by atoms with Gasteiger partial charge in [-0.05, 0) is 48.2 Å². The van der Waals surface area contributed by atoms with Gasteiger partial charge < -0.3 is 21.3 Å². The third-order valence-electron chi connectivity index (χ3n) is 6.37. The second-order valence-electron chi connectivity index (χ2n) is 9.94. The molecule has 10 heteroatoms. The van der Waals surface area contributed by atoms with E-state index < -0.39 is 53.5 Å². The van der Waals surface area contributed by atoms with Crippen LogP contribution in [0.15, 0.2) is 85.2 Å². The first-order chi connectivity index (χ1) is 19.7. The Balaban J connectivity index is 1.64. The largest absolute Gasteiger partial charge is 0.345 e. The smallest absolute Gasteiger partial charge is 0.289 e. The number of carbonyl (C=O) groups is 5. The lowest BCUT2D eigenvalue weighted by molar-refractivity contribution is -0.141. The van der Waals surface area contributed by atoms with Crippen molar-refractivity contribution in [3.05, 3.63) is 102 Å². The highest BCUT2D eigenvalue weighted by atomic mass is 16.2. The quantitative estimate of drug-likeness (QED) is 0.236. The Morgan fingerprint density at radius 2 is 1.32 bits per heavy atom. The number of carbonyl (C=O) groups excluding carboxylic acids is 5. The van der Waals surface area contributed by atoms with Crippen molar-refractivity contribution < 1.29 is 24.0 Å². The van der Waals surface area contributed by atoms with Crippen molar-refractivity contribution in [3.63, 3.8) is 0 Å². The Bertz CT molecular complexity index is 1330. The van der Waals surface area contributed by atoms with Crippen LogP contribution < -0.4 is 21.3 Å². The van der Waals surface area contributed by atoms with Gasteiger partial charge in [0, 0.05) is 30.9 Å². The first-order valence-corrected chi connectivity index (χ1v) is 13.4. The zero-order valence-corrected chi connectivity index (χ0v) is 23.3. The molecule has 0 fully saturated rings. The normalized spacial score (nSPS) is 12.9. The van der Waals surface area contributed by atoms with Gasteiger partial charge in [-0.1, -0.05) is 62.4 Å². The summed E-state index contributed by atoms with van der Waals surface area (Å²) in [7, 11) is 0. The summed E-state index contributed by atoms with van der Waals surface area (Å²) in [4.78, 5) is 68.4. The Hall–Kier alpha value is -4.86. The van der Waals surface area contributed by atoms with Crippen LogP contribution in [0.25, 0.3) is 0 Å². The fraction of sp³-hybridized carbons (Fsp3) is 0.290. The number of hydrogen-bond donors (Lipinski definition) is 4. The van der Waals surface area contributed by atoms with Gasteiger partial charge in [-0.2, -0.15) is 0 Å². The molecule has 0 saturated heterocycles. The monoisotopic (exact) mass is 557 g/mol. The lowest BCUT2D eigenvalue weighted by Gasteiger charge is -2.25. The van der Waals surface area contributed by atoms with Crippen LogP contribution in [-0.2, 0) is 32.1 Å². The van der Waals surface area contributed by atoms with Crippen molar-refractivity contribution in [1.29, 1.82) is 0 Å². The number of ketones is 1. The molecule has 41 heavy (non-hydrogen) atoms. The first-order valence-electron chi connectivity index (χ1n) is 13.4. The summed E-state index contributed by atoms with van der Waals surface area (Å²) >= 11 is 0. The van der Waals surface area contributed by atoms with Crippen LogP contribution in [0, 0.1) is 5.92 Å². The van der Waals surface area contributed by atoms with Crippen molar-refractivity contribution in [1.82, 2.24) is 26.3 Å². The van der Waals surface area contributed by atoms with Crippen LogP contribution in [0.5, 0.6) is 0 Å². The van der Waals surface area contributed by atoms with Gasteiger partial charge in [0.15, 0.2) is 0 Å². The number of nitrogens with one attached hydrogen (secondary N) is 4. The average molecular weight is 558 g/mol. The fourth-order valence-corrected chi connectivity index (χ4v) is 3.99. The molecule has 3 atom stereocenters. The van der Waals surface area contributed by atoms with Gasteiger partial charge in [0.2, 0.25) is 17.6 Å². The summed E-state index contributed by atoms with van der Waals surface area (Å²) in [5.74, 6) is -3.65. The number of benzene rings is 2. The standard InChI is InChI=1S/C31H35N5O5/c1-20(2)26(27(37)31(41)33-19-23-14-16-32-17-15-23)36-28(38)21(3)34-30(40)25(18-22-10-6-4-7-11-22)35-29(39)24-12-8-5-9-13-24/h4-17,20-21,25-26H,18-19H2,1-3H3,(H,33,41)(H,34,40)(H,35,39)(H,36,38)/t21?,25-,26?/m0/s1. The molecule has 4 amide bonds. The molecule has 3 rings (SSSR count). The molecule has 0 saturated carbocycles. The summed E-state index contributed by atoms with van der Waals surface area (Å²) in [5.41, 5.74) is 1.98. The number of nitrogens with zero attached hydrogens (tertiary/aromatic N) is 1. The maximum Gasteiger partial charge on any atom is 0.289 e. The van der Waals surface area contributed by atoms with E-state index in [1.54, 1.807) is 68.7 Å². The van der Waals surface area contributed by atoms with Crippen molar-refractivity contribution in [2.24, 2.45) is 5.92 Å². The van der Waals surface area contributed by atoms with Crippen LogP contribution in [0.4, 0.5) is 0 Å². The lowest BCUT2D eigenvalue weighted by atomic mass is 9.98. The van der Waals surface area contributed by atoms with Crippen molar-refractivity contribution >= 4 is 29.4 Å². The maximum atomic E-state index is 13.3. The summed E-state index contributed by atoms with van der Waals surface area (Å²) in [6.45, 7) is 5.02. The van der Waals surface area contributed by atoms with Gasteiger partial charge in [0.25, 0.3) is 11.8 Å². The minimum Gasteiger partial charge on any atom is -0.345 e. The van der Waals surface area contributed by atoms with Crippen LogP contribution in [0.2, 0.25) is 0 Å². The zero-order valence-electron chi connectivity index (χ0n) is 23.3. The lowest BCUT2D eigenvalue weighted by Crippen LogP contribution is -2.57. The third kappa shape index (κ3) is 9.38. The molecular formula is C31H35N5O5. The van der Waals surface area contributed by atoms with Crippen LogP contribution >= 0.6 is 0 Å². The molecule has 0 radical (unpaired) electrons. The number of amides is 4. The molecule has 2 unspecified atom stereocenters. The van der Waals surface area contributed by atoms with E-state index in [1.165, 1.54) is 6.92 Å². The predicted octanol–water partition coefficient (Wildman–Crippen LogP) is 1.95. The summed E-state index contributed by atoms with van der Waals surface area (Å²) in [6.07, 6.45) is 3.35. The highest BCUT2D eigenvalue weighted by molar-refractivity contribution is 6.38. The van der Waals surface area contributed by atoms with Gasteiger partial charge in [-0.3, -0.25) is 29.0 Å². The summed E-state index contributed by atoms with van der Waals surface area (Å²) < 4.78 is 0.